The number of amides is 1. The number of hydrogen-bond acceptors (Lipinski definition) is 4. The summed E-state index contributed by atoms with van der Waals surface area (Å²) in [6.45, 7) is 0.495. The zero-order valence-electron chi connectivity index (χ0n) is 12.0. The Kier molecular flexibility index (Phi) is 4.25. The van der Waals surface area contributed by atoms with E-state index in [1.165, 1.54) is 0 Å². The van der Waals surface area contributed by atoms with Crippen LogP contribution in [0.15, 0.2) is 48.5 Å². The van der Waals surface area contributed by atoms with Crippen molar-refractivity contribution in [1.82, 2.24) is 0 Å². The van der Waals surface area contributed by atoms with E-state index >= 15 is 0 Å². The number of fused-ring (bicyclic) bond motifs is 1. The van der Waals surface area contributed by atoms with Gasteiger partial charge in [-0.3, -0.25) is 5.32 Å². The molecule has 0 bridgehead atoms. The molecular weight excluding hydrogens is 282 g/mol. The normalized spacial score (nSPS) is 16.3. The van der Waals surface area contributed by atoms with E-state index in [1.807, 2.05) is 36.4 Å². The summed E-state index contributed by atoms with van der Waals surface area (Å²) in [5.41, 5.74) is 2.47. The van der Waals surface area contributed by atoms with E-state index in [0.29, 0.717) is 17.9 Å². The molecule has 0 radical (unpaired) electrons. The van der Waals surface area contributed by atoms with Crippen molar-refractivity contribution in [3.63, 3.8) is 0 Å². The van der Waals surface area contributed by atoms with Crippen molar-refractivity contribution in [3.8, 4) is 5.75 Å². The van der Waals surface area contributed by atoms with Crippen LogP contribution in [0.2, 0.25) is 0 Å². The quantitative estimate of drug-likeness (QED) is 0.914. The van der Waals surface area contributed by atoms with Crippen LogP contribution in [0, 0.1) is 0 Å². The van der Waals surface area contributed by atoms with Gasteiger partial charge in [0.05, 0.1) is 6.10 Å². The van der Waals surface area contributed by atoms with E-state index in [-0.39, 0.29) is 13.2 Å². The molecule has 1 aliphatic rings. The van der Waals surface area contributed by atoms with Crippen molar-refractivity contribution >= 4 is 11.8 Å². The number of aliphatic hydroxyl groups is 1. The minimum Gasteiger partial charge on any atom is -0.491 e. The lowest BCUT2D eigenvalue weighted by Crippen LogP contribution is -2.25. The molecule has 1 unspecified atom stereocenters. The van der Waals surface area contributed by atoms with Gasteiger partial charge in [0, 0.05) is 18.2 Å². The molecule has 2 N–H and O–H groups in total. The molecule has 0 saturated heterocycles. The van der Waals surface area contributed by atoms with Crippen molar-refractivity contribution < 1.29 is 19.4 Å². The third kappa shape index (κ3) is 3.56. The van der Waals surface area contributed by atoms with Crippen molar-refractivity contribution in [2.45, 2.75) is 19.1 Å². The lowest BCUT2D eigenvalue weighted by atomic mass is 10.0. The monoisotopic (exact) mass is 299 g/mol. The minimum absolute atomic E-state index is 0.223. The first-order chi connectivity index (χ1) is 10.7. The SMILES string of the molecule is O=C(Nc1ccc2c(c1)OCC(O)C2)OCc1ccccc1. The van der Waals surface area contributed by atoms with Crippen LogP contribution in [0.3, 0.4) is 0 Å². The maximum atomic E-state index is 11.8. The number of rotatable bonds is 3. The second-order valence-electron chi connectivity index (χ2n) is 5.18. The molecule has 0 spiro atoms. The molecular formula is C17H17NO4. The van der Waals surface area contributed by atoms with E-state index in [9.17, 15) is 9.90 Å². The van der Waals surface area contributed by atoms with Gasteiger partial charge >= 0.3 is 6.09 Å². The Hall–Kier alpha value is -2.53. The average molecular weight is 299 g/mol. The molecule has 0 aliphatic carbocycles. The predicted octanol–water partition coefficient (Wildman–Crippen LogP) is 2.73. The second-order valence-corrected chi connectivity index (χ2v) is 5.18. The summed E-state index contributed by atoms with van der Waals surface area (Å²) in [5.74, 6) is 0.686. The van der Waals surface area contributed by atoms with Gasteiger partial charge in [0.25, 0.3) is 0 Å². The van der Waals surface area contributed by atoms with Crippen LogP contribution in [0.5, 0.6) is 5.75 Å². The van der Waals surface area contributed by atoms with Gasteiger partial charge in [-0.2, -0.15) is 0 Å². The molecule has 0 aromatic heterocycles. The van der Waals surface area contributed by atoms with Gasteiger partial charge in [-0.1, -0.05) is 36.4 Å². The molecule has 5 nitrogen and oxygen atoms in total. The predicted molar refractivity (Wildman–Crippen MR) is 81.9 cm³/mol. The number of carbonyl (C=O) groups excluding carboxylic acids is 1. The Bertz CT molecular complexity index is 657. The number of aliphatic hydroxyl groups excluding tert-OH is 1. The third-order valence-corrected chi connectivity index (χ3v) is 3.41. The smallest absolute Gasteiger partial charge is 0.411 e. The van der Waals surface area contributed by atoms with Gasteiger partial charge in [-0.05, 0) is 17.2 Å². The Morgan fingerprint density at radius 2 is 2.09 bits per heavy atom. The number of benzene rings is 2. The highest BCUT2D eigenvalue weighted by molar-refractivity contribution is 5.85. The minimum atomic E-state index is -0.514. The van der Waals surface area contributed by atoms with Crippen molar-refractivity contribution in [2.24, 2.45) is 0 Å². The molecule has 5 heteroatoms. The second kappa shape index (κ2) is 6.49. The van der Waals surface area contributed by atoms with Crippen molar-refractivity contribution in [2.75, 3.05) is 11.9 Å². The fourth-order valence-electron chi connectivity index (χ4n) is 2.31. The fourth-order valence-corrected chi connectivity index (χ4v) is 2.31. The molecule has 0 saturated carbocycles. The Balaban J connectivity index is 1.58. The molecule has 3 rings (SSSR count). The number of anilines is 1. The Morgan fingerprint density at radius 1 is 1.27 bits per heavy atom. The molecule has 2 aromatic rings. The summed E-state index contributed by atoms with van der Waals surface area (Å²) in [7, 11) is 0. The molecule has 1 heterocycles. The first kappa shape index (κ1) is 14.4. The number of hydrogen-bond donors (Lipinski definition) is 2. The van der Waals surface area contributed by atoms with Gasteiger partial charge in [-0.25, -0.2) is 4.79 Å². The summed E-state index contributed by atoms with van der Waals surface area (Å²) >= 11 is 0. The molecule has 1 atom stereocenters. The van der Waals surface area contributed by atoms with Crippen LogP contribution >= 0.6 is 0 Å². The number of nitrogens with one attached hydrogen (secondary N) is 1. The van der Waals surface area contributed by atoms with Crippen LogP contribution in [-0.4, -0.2) is 23.9 Å². The van der Waals surface area contributed by atoms with Crippen LogP contribution < -0.4 is 10.1 Å². The Labute approximate surface area is 128 Å². The molecule has 0 fully saturated rings. The maximum absolute atomic E-state index is 11.8. The largest absolute Gasteiger partial charge is 0.491 e. The van der Waals surface area contributed by atoms with Crippen LogP contribution in [0.1, 0.15) is 11.1 Å². The van der Waals surface area contributed by atoms with Crippen LogP contribution in [0.4, 0.5) is 10.5 Å². The topological polar surface area (TPSA) is 67.8 Å². The van der Waals surface area contributed by atoms with Gasteiger partial charge in [0.2, 0.25) is 0 Å². The molecule has 1 aliphatic heterocycles. The van der Waals surface area contributed by atoms with Crippen molar-refractivity contribution in [3.05, 3.63) is 59.7 Å². The first-order valence-corrected chi connectivity index (χ1v) is 7.12. The molecule has 1 amide bonds. The highest BCUT2D eigenvalue weighted by Crippen LogP contribution is 2.28. The number of carbonyl (C=O) groups is 1. The summed E-state index contributed by atoms with van der Waals surface area (Å²) in [4.78, 5) is 11.8. The zero-order chi connectivity index (χ0) is 15.4. The van der Waals surface area contributed by atoms with Crippen LogP contribution in [0.25, 0.3) is 0 Å². The third-order valence-electron chi connectivity index (χ3n) is 3.41. The molecule has 22 heavy (non-hydrogen) atoms. The highest BCUT2D eigenvalue weighted by Gasteiger charge is 2.18. The summed E-state index contributed by atoms with van der Waals surface area (Å²) in [6, 6.07) is 14.8. The zero-order valence-corrected chi connectivity index (χ0v) is 12.0. The Morgan fingerprint density at radius 3 is 2.91 bits per heavy atom. The average Bonchev–Trinajstić information content (AvgIpc) is 2.54. The summed E-state index contributed by atoms with van der Waals surface area (Å²) in [6.07, 6.45) is -0.421. The van der Waals surface area contributed by atoms with Gasteiger partial charge in [0.1, 0.15) is 19.0 Å². The van der Waals surface area contributed by atoms with E-state index in [1.54, 1.807) is 12.1 Å². The van der Waals surface area contributed by atoms with Gasteiger partial charge < -0.3 is 14.6 Å². The highest BCUT2D eigenvalue weighted by atomic mass is 16.5. The number of ether oxygens (including phenoxy) is 2. The first-order valence-electron chi connectivity index (χ1n) is 7.12. The van der Waals surface area contributed by atoms with E-state index in [0.717, 1.165) is 11.1 Å². The van der Waals surface area contributed by atoms with Crippen molar-refractivity contribution in [1.29, 1.82) is 0 Å². The standard InChI is InChI=1S/C17H17NO4/c19-15-8-13-6-7-14(9-16(13)21-11-15)18-17(20)22-10-12-4-2-1-3-5-12/h1-7,9,15,19H,8,10-11H2,(H,18,20). The molecule has 2 aromatic carbocycles. The maximum Gasteiger partial charge on any atom is 0.411 e. The molecule has 114 valence electrons. The lowest BCUT2D eigenvalue weighted by molar-refractivity contribution is 0.0921. The van der Waals surface area contributed by atoms with Crippen LogP contribution in [-0.2, 0) is 17.8 Å². The lowest BCUT2D eigenvalue weighted by Gasteiger charge is -2.22. The summed E-state index contributed by atoms with van der Waals surface area (Å²) in [5, 5.41) is 12.2. The van der Waals surface area contributed by atoms with Gasteiger partial charge in [-0.15, -0.1) is 0 Å². The van der Waals surface area contributed by atoms with Gasteiger partial charge in [0.15, 0.2) is 0 Å². The van der Waals surface area contributed by atoms with E-state index in [4.69, 9.17) is 9.47 Å². The summed E-state index contributed by atoms with van der Waals surface area (Å²) < 4.78 is 10.6. The van der Waals surface area contributed by atoms with E-state index < -0.39 is 12.2 Å². The van der Waals surface area contributed by atoms with E-state index in [2.05, 4.69) is 5.32 Å². The fraction of sp³-hybridized carbons (Fsp3) is 0.235.